The number of hydrogen-bond acceptors (Lipinski definition) is 2. The molecule has 1 fully saturated rings. The summed E-state index contributed by atoms with van der Waals surface area (Å²) in [6.07, 6.45) is -1.40. The van der Waals surface area contributed by atoms with Gasteiger partial charge in [0.25, 0.3) is 0 Å². The van der Waals surface area contributed by atoms with E-state index in [2.05, 4.69) is 16.4 Å². The van der Waals surface area contributed by atoms with Crippen LogP contribution in [0.1, 0.15) is 68.9 Å². The van der Waals surface area contributed by atoms with E-state index in [1.54, 1.807) is 0 Å². The van der Waals surface area contributed by atoms with Crippen molar-refractivity contribution in [1.29, 1.82) is 0 Å². The number of ether oxygens (including phenoxy) is 2. The van der Waals surface area contributed by atoms with Gasteiger partial charge >= 0.3 is 12.5 Å². The van der Waals surface area contributed by atoms with Gasteiger partial charge in [-0.15, -0.1) is 13.2 Å². The Morgan fingerprint density at radius 3 is 1.97 bits per heavy atom. The minimum absolute atomic E-state index is 0.146. The van der Waals surface area contributed by atoms with Gasteiger partial charge in [-0.3, -0.25) is 0 Å². The van der Waals surface area contributed by atoms with Gasteiger partial charge in [0.05, 0.1) is 5.56 Å². The van der Waals surface area contributed by atoms with Crippen LogP contribution < -0.4 is 9.47 Å². The highest BCUT2D eigenvalue weighted by molar-refractivity contribution is 5.34. The number of hydrogen-bond donors (Lipinski definition) is 0. The summed E-state index contributed by atoms with van der Waals surface area (Å²) in [6, 6.07) is 7.16. The minimum Gasteiger partial charge on any atom is -0.429 e. The Kier molecular flexibility index (Phi) is 7.62. The molecule has 0 radical (unpaired) electrons. The molecule has 1 aliphatic rings. The standard InChI is InChI=1S/C24H26F6O2/c1-2-3-4-16-5-7-17(8-6-16)18-9-14-21(22(25)15-18)23(26,27)31-19-10-12-20(13-11-19)32-24(28,29)30/h9-17H,2-8H2,1H3/t16-,17-. The van der Waals surface area contributed by atoms with E-state index in [1.165, 1.54) is 18.9 Å². The quantitative estimate of drug-likeness (QED) is 0.369. The van der Waals surface area contributed by atoms with E-state index in [9.17, 15) is 26.3 Å². The largest absolute Gasteiger partial charge is 0.573 e. The van der Waals surface area contributed by atoms with Crippen molar-refractivity contribution in [2.45, 2.75) is 70.3 Å². The Morgan fingerprint density at radius 1 is 0.844 bits per heavy atom. The molecule has 0 bridgehead atoms. The van der Waals surface area contributed by atoms with Crippen LogP contribution in [-0.2, 0) is 6.11 Å². The highest BCUT2D eigenvalue weighted by atomic mass is 19.4. The van der Waals surface area contributed by atoms with E-state index in [4.69, 9.17) is 0 Å². The van der Waals surface area contributed by atoms with Gasteiger partial charge in [-0.05, 0) is 79.5 Å². The topological polar surface area (TPSA) is 18.5 Å². The lowest BCUT2D eigenvalue weighted by Crippen LogP contribution is -2.24. The van der Waals surface area contributed by atoms with Crippen LogP contribution in [0.5, 0.6) is 11.5 Å². The van der Waals surface area contributed by atoms with Crippen molar-refractivity contribution in [1.82, 2.24) is 0 Å². The molecule has 176 valence electrons. The summed E-state index contributed by atoms with van der Waals surface area (Å²) in [5, 5.41) is 0. The summed E-state index contributed by atoms with van der Waals surface area (Å²) in [7, 11) is 0. The summed E-state index contributed by atoms with van der Waals surface area (Å²) in [5.74, 6) is -1.24. The highest BCUT2D eigenvalue weighted by Gasteiger charge is 2.38. The fraction of sp³-hybridized carbons (Fsp3) is 0.500. The highest BCUT2D eigenvalue weighted by Crippen LogP contribution is 2.40. The van der Waals surface area contributed by atoms with Crippen LogP contribution in [0.4, 0.5) is 26.3 Å². The van der Waals surface area contributed by atoms with Gasteiger partial charge in [0.1, 0.15) is 17.3 Å². The van der Waals surface area contributed by atoms with E-state index in [0.717, 1.165) is 68.5 Å². The Morgan fingerprint density at radius 2 is 1.44 bits per heavy atom. The molecule has 0 saturated heterocycles. The predicted octanol–water partition coefficient (Wildman–Crippen LogP) is 8.32. The molecule has 0 heterocycles. The lowest BCUT2D eigenvalue weighted by atomic mass is 9.77. The molecule has 0 spiro atoms. The number of rotatable bonds is 8. The van der Waals surface area contributed by atoms with Crippen LogP contribution in [0, 0.1) is 11.7 Å². The molecule has 8 heteroatoms. The number of benzene rings is 2. The first-order chi connectivity index (χ1) is 15.1. The lowest BCUT2D eigenvalue weighted by Gasteiger charge is -2.29. The molecule has 0 atom stereocenters. The fourth-order valence-corrected chi connectivity index (χ4v) is 4.21. The van der Waals surface area contributed by atoms with Crippen LogP contribution in [0.2, 0.25) is 0 Å². The van der Waals surface area contributed by atoms with Crippen molar-refractivity contribution >= 4 is 0 Å². The third-order valence-corrected chi connectivity index (χ3v) is 5.89. The Labute approximate surface area is 183 Å². The maximum absolute atomic E-state index is 14.6. The predicted molar refractivity (Wildman–Crippen MR) is 108 cm³/mol. The molecule has 3 rings (SSSR count). The van der Waals surface area contributed by atoms with Gasteiger partial charge in [0.2, 0.25) is 0 Å². The van der Waals surface area contributed by atoms with E-state index >= 15 is 0 Å². The van der Waals surface area contributed by atoms with E-state index in [-0.39, 0.29) is 5.92 Å². The molecule has 0 unspecified atom stereocenters. The fourth-order valence-electron chi connectivity index (χ4n) is 4.21. The van der Waals surface area contributed by atoms with Crippen LogP contribution in [0.15, 0.2) is 42.5 Å². The Bertz CT molecular complexity index is 871. The van der Waals surface area contributed by atoms with Crippen molar-refractivity contribution in [2.24, 2.45) is 5.92 Å². The molecule has 2 aromatic carbocycles. The lowest BCUT2D eigenvalue weighted by molar-refractivity contribution is -0.274. The zero-order valence-corrected chi connectivity index (χ0v) is 17.7. The van der Waals surface area contributed by atoms with Gasteiger partial charge in [-0.2, -0.15) is 8.78 Å². The second-order valence-electron chi connectivity index (χ2n) is 8.24. The molecule has 2 aromatic rings. The van der Waals surface area contributed by atoms with E-state index < -0.39 is 35.4 Å². The molecule has 0 amide bonds. The van der Waals surface area contributed by atoms with E-state index in [1.807, 2.05) is 0 Å². The minimum atomic E-state index is -4.90. The summed E-state index contributed by atoms with van der Waals surface area (Å²) < 4.78 is 88.5. The second-order valence-corrected chi connectivity index (χ2v) is 8.24. The average Bonchev–Trinajstić information content (AvgIpc) is 2.72. The third kappa shape index (κ3) is 6.56. The van der Waals surface area contributed by atoms with Crippen LogP contribution in [0.3, 0.4) is 0 Å². The second kappa shape index (κ2) is 10.0. The van der Waals surface area contributed by atoms with E-state index in [0.29, 0.717) is 11.5 Å². The van der Waals surface area contributed by atoms with Crippen LogP contribution in [0.25, 0.3) is 0 Å². The summed E-state index contributed by atoms with van der Waals surface area (Å²) >= 11 is 0. The molecular weight excluding hydrogens is 434 g/mol. The molecule has 32 heavy (non-hydrogen) atoms. The molecule has 0 N–H and O–H groups in total. The van der Waals surface area contributed by atoms with Gasteiger partial charge < -0.3 is 9.47 Å². The third-order valence-electron chi connectivity index (χ3n) is 5.89. The molecule has 0 aliphatic heterocycles. The normalized spacial score (nSPS) is 19.6. The van der Waals surface area contributed by atoms with Gasteiger partial charge in [-0.1, -0.05) is 32.3 Å². The molecule has 2 nitrogen and oxygen atoms in total. The average molecular weight is 460 g/mol. The first-order valence-electron chi connectivity index (χ1n) is 10.8. The summed E-state index contributed by atoms with van der Waals surface area (Å²) in [5.41, 5.74) is -0.224. The zero-order valence-electron chi connectivity index (χ0n) is 17.7. The first kappa shape index (κ1) is 24.3. The molecule has 0 aromatic heterocycles. The van der Waals surface area contributed by atoms with Crippen LogP contribution >= 0.6 is 0 Å². The van der Waals surface area contributed by atoms with Crippen molar-refractivity contribution in [3.8, 4) is 11.5 Å². The van der Waals surface area contributed by atoms with Crippen molar-refractivity contribution in [3.05, 3.63) is 59.4 Å². The number of unbranched alkanes of at least 4 members (excludes halogenated alkanes) is 1. The molecular formula is C24H26F6O2. The number of alkyl halides is 5. The monoisotopic (exact) mass is 460 g/mol. The Hall–Kier alpha value is -2.38. The van der Waals surface area contributed by atoms with Crippen molar-refractivity contribution in [3.63, 3.8) is 0 Å². The van der Waals surface area contributed by atoms with Gasteiger partial charge in [0.15, 0.2) is 0 Å². The SMILES string of the molecule is CCCC[C@H]1CC[C@H](c2ccc(C(F)(F)Oc3ccc(OC(F)(F)F)cc3)c(F)c2)CC1. The summed E-state index contributed by atoms with van der Waals surface area (Å²) in [6.45, 7) is 2.16. The number of halogens is 6. The zero-order chi connectivity index (χ0) is 23.4. The van der Waals surface area contributed by atoms with Crippen molar-refractivity contribution in [2.75, 3.05) is 0 Å². The van der Waals surface area contributed by atoms with Gasteiger partial charge in [-0.25, -0.2) is 4.39 Å². The molecule has 1 saturated carbocycles. The maximum Gasteiger partial charge on any atom is 0.573 e. The molecule has 1 aliphatic carbocycles. The van der Waals surface area contributed by atoms with Gasteiger partial charge in [0, 0.05) is 0 Å². The smallest absolute Gasteiger partial charge is 0.429 e. The maximum atomic E-state index is 14.6. The van der Waals surface area contributed by atoms with Crippen LogP contribution in [-0.4, -0.2) is 6.36 Å². The summed E-state index contributed by atoms with van der Waals surface area (Å²) in [4.78, 5) is 0. The van der Waals surface area contributed by atoms with Crippen molar-refractivity contribution < 1.29 is 35.8 Å². The Balaban J connectivity index is 1.64. The first-order valence-corrected chi connectivity index (χ1v) is 10.8.